The number of phenols is 2. The molecular weight excluding hydrogens is 829 g/mol. The van der Waals surface area contributed by atoms with Crippen LogP contribution in [0.4, 0.5) is 0 Å². The normalized spacial score (nSPS) is 8.42. The Kier molecular flexibility index (Phi) is 26.4. The molecule has 0 saturated carbocycles. The summed E-state index contributed by atoms with van der Waals surface area (Å²) in [6, 6.07) is 27.2. The molecule has 4 rings (SSSR count). The lowest BCUT2D eigenvalue weighted by atomic mass is 10.0. The Bertz CT molecular complexity index is 2980. The van der Waals surface area contributed by atoms with E-state index in [1.54, 1.807) is 24.3 Å². The molecule has 4 aromatic carbocycles. The van der Waals surface area contributed by atoms with E-state index in [1.807, 2.05) is 55.5 Å². The molecular formula is C61H90O6. The molecule has 0 saturated heterocycles. The van der Waals surface area contributed by atoms with Gasteiger partial charge in [-0.15, -0.1) is 6.42 Å². The summed E-state index contributed by atoms with van der Waals surface area (Å²) in [6.07, 6.45) is 19.3. The lowest BCUT2D eigenvalue weighted by molar-refractivity contribution is 0.103. The standard InChI is InChI=1S/C48H36O3.C13H10O3.22H2/c1-3-4-5-6-7-8-9-10-11-12-13-14-15-16-17-18-21-24-27-30-41-50-42-31-28-25-22-19-20-23-26-29-32-43-51-47-39-37-46(38-40-47)48(49)45-35-33-44(2)34-36-45;14-11-5-1-9(2-6-11)13(16)10-3-7-12(15)8-4-10;;;;;;;;;;;;;;;;;;;;;;/h1,33-40H,19-20,22-23,25-26,28-29,31-32,42-43H2,2H3;1-8,14-15H;22*1H. The van der Waals surface area contributed by atoms with Crippen LogP contribution in [-0.2, 0) is 4.74 Å². The number of benzene rings is 4. The van der Waals surface area contributed by atoms with E-state index < -0.39 is 0 Å². The summed E-state index contributed by atoms with van der Waals surface area (Å²) < 4.78 is 11.2. The molecule has 6 nitrogen and oxygen atoms in total. The fourth-order valence-corrected chi connectivity index (χ4v) is 5.53. The molecule has 4 aromatic rings. The lowest BCUT2D eigenvalue weighted by Crippen LogP contribution is -2.02. The number of ketones is 2. The summed E-state index contributed by atoms with van der Waals surface area (Å²) in [5, 5.41) is 18.2. The summed E-state index contributed by atoms with van der Waals surface area (Å²) in [5.41, 5.74) is 3.52. The number of carbonyl (C=O) groups excluding carboxylic acids is 2. The van der Waals surface area contributed by atoms with Crippen molar-refractivity contribution >= 4 is 11.6 Å². The number of ether oxygens (including phenoxy) is 2. The molecule has 0 heterocycles. The quantitative estimate of drug-likeness (QED) is 0.0587. The third-order valence-electron chi connectivity index (χ3n) is 8.92. The predicted molar refractivity (Wildman–Crippen MR) is 311 cm³/mol. The van der Waals surface area contributed by atoms with Crippen molar-refractivity contribution in [2.75, 3.05) is 13.2 Å². The van der Waals surface area contributed by atoms with Gasteiger partial charge in [-0.1, -0.05) is 81.2 Å². The first-order valence-corrected chi connectivity index (χ1v) is 21.4. The zero-order chi connectivity index (χ0) is 47.8. The first-order chi connectivity index (χ1) is 32.9. The van der Waals surface area contributed by atoms with Gasteiger partial charge in [-0.05, 0) is 140 Å². The van der Waals surface area contributed by atoms with Crippen LogP contribution in [0.1, 0.15) is 133 Å². The van der Waals surface area contributed by atoms with E-state index in [1.165, 1.54) is 69.2 Å². The maximum atomic E-state index is 12.6. The molecule has 0 aromatic heterocycles. The molecule has 2 N–H and O–H groups in total. The number of phenolic OH excluding ortho intramolecular Hbond substituents is 2. The summed E-state index contributed by atoms with van der Waals surface area (Å²) in [6.45, 7) is 3.31. The Labute approximate surface area is 429 Å². The second kappa shape index (κ2) is 34.1. The summed E-state index contributed by atoms with van der Waals surface area (Å²) >= 11 is 0. The second-order valence-electron chi connectivity index (χ2n) is 14.0. The van der Waals surface area contributed by atoms with Gasteiger partial charge >= 0.3 is 0 Å². The van der Waals surface area contributed by atoms with E-state index in [9.17, 15) is 9.59 Å². The van der Waals surface area contributed by atoms with Gasteiger partial charge in [0.2, 0.25) is 0 Å². The first kappa shape index (κ1) is 51.9. The van der Waals surface area contributed by atoms with E-state index in [0.29, 0.717) is 35.5 Å². The third kappa shape index (κ3) is 24.7. The zero-order valence-corrected chi connectivity index (χ0v) is 37.3. The highest BCUT2D eigenvalue weighted by Crippen LogP contribution is 2.18. The van der Waals surface area contributed by atoms with Crippen LogP contribution in [0, 0.1) is 138 Å². The van der Waals surface area contributed by atoms with Gasteiger partial charge in [0.1, 0.15) is 30.0 Å². The van der Waals surface area contributed by atoms with Crippen LogP contribution < -0.4 is 4.74 Å². The maximum Gasteiger partial charge on any atom is 0.193 e. The monoisotopic (exact) mass is 919 g/mol. The molecule has 0 bridgehead atoms. The highest BCUT2D eigenvalue weighted by molar-refractivity contribution is 6.09. The van der Waals surface area contributed by atoms with Crippen molar-refractivity contribution in [3.05, 3.63) is 125 Å². The van der Waals surface area contributed by atoms with Gasteiger partial charge in [-0.3, -0.25) is 9.59 Å². The van der Waals surface area contributed by atoms with E-state index >= 15 is 0 Å². The molecule has 370 valence electrons. The molecule has 0 aliphatic heterocycles. The fourth-order valence-electron chi connectivity index (χ4n) is 5.53. The second-order valence-corrected chi connectivity index (χ2v) is 14.0. The Morgan fingerprint density at radius 3 is 1.09 bits per heavy atom. The largest absolute Gasteiger partial charge is 0.508 e. The molecule has 0 fully saturated rings. The fraction of sp³-hybridized carbons (Fsp3) is 0.213. The minimum absolute atomic E-state index is 0. The Morgan fingerprint density at radius 1 is 0.418 bits per heavy atom. The number of carbonyl (C=O) groups is 2. The summed E-state index contributed by atoms with van der Waals surface area (Å²) in [4.78, 5) is 24.5. The van der Waals surface area contributed by atoms with Gasteiger partial charge in [0.15, 0.2) is 11.6 Å². The number of aromatic hydroxyl groups is 2. The van der Waals surface area contributed by atoms with E-state index in [4.69, 9.17) is 26.1 Å². The zero-order valence-electron chi connectivity index (χ0n) is 37.3. The predicted octanol–water partition coefficient (Wildman–Crippen LogP) is 14.9. The van der Waals surface area contributed by atoms with E-state index in [2.05, 4.69) is 125 Å². The summed E-state index contributed by atoms with van der Waals surface area (Å²) in [7, 11) is 0. The van der Waals surface area contributed by atoms with Crippen LogP contribution >= 0.6 is 0 Å². The number of terminal acetylenes is 1. The van der Waals surface area contributed by atoms with Crippen molar-refractivity contribution in [2.24, 2.45) is 0 Å². The van der Waals surface area contributed by atoms with Gasteiger partial charge < -0.3 is 19.7 Å². The van der Waals surface area contributed by atoms with Crippen LogP contribution in [0.2, 0.25) is 0 Å². The van der Waals surface area contributed by atoms with Crippen LogP contribution in [0.15, 0.2) is 97.1 Å². The highest BCUT2D eigenvalue weighted by atomic mass is 16.5. The van der Waals surface area contributed by atoms with Gasteiger partial charge in [0.05, 0.1) is 6.61 Å². The number of unbranched alkanes of at least 4 members (excludes halogenated alkanes) is 9. The van der Waals surface area contributed by atoms with Crippen molar-refractivity contribution in [2.45, 2.75) is 71.1 Å². The van der Waals surface area contributed by atoms with Gasteiger partial charge in [0.25, 0.3) is 0 Å². The Hall–Kier alpha value is -9.42. The van der Waals surface area contributed by atoms with Crippen LogP contribution in [-0.4, -0.2) is 35.0 Å². The van der Waals surface area contributed by atoms with Gasteiger partial charge in [-0.2, -0.15) is 0 Å². The van der Waals surface area contributed by atoms with Crippen molar-refractivity contribution in [3.63, 3.8) is 0 Å². The number of rotatable bonds is 18. The smallest absolute Gasteiger partial charge is 0.193 e. The van der Waals surface area contributed by atoms with Crippen molar-refractivity contribution in [3.8, 4) is 148 Å². The van der Waals surface area contributed by atoms with Gasteiger partial charge in [0, 0.05) is 125 Å². The van der Waals surface area contributed by atoms with Crippen molar-refractivity contribution in [1.82, 2.24) is 0 Å². The molecule has 0 aliphatic carbocycles. The molecule has 0 unspecified atom stereocenters. The third-order valence-corrected chi connectivity index (χ3v) is 8.92. The van der Waals surface area contributed by atoms with Crippen LogP contribution in [0.5, 0.6) is 17.2 Å². The molecule has 0 atom stereocenters. The topological polar surface area (TPSA) is 93.1 Å². The average Bonchev–Trinajstić information content (AvgIpc) is 3.35. The number of hydrogen-bond donors (Lipinski definition) is 2. The highest BCUT2D eigenvalue weighted by Gasteiger charge is 2.10. The minimum atomic E-state index is -0.139. The molecule has 0 radical (unpaired) electrons. The van der Waals surface area contributed by atoms with Crippen molar-refractivity contribution in [1.29, 1.82) is 0 Å². The molecule has 0 amide bonds. The minimum Gasteiger partial charge on any atom is -0.508 e. The SMILES string of the molecule is C#CC#CC#CC#CC#CC#CC#CC#CC#CC#CC#COCCCCCCCCCCCCOc1ccc(C(=O)c2ccc(C)cc2)cc1.O=C(c1ccc(O)cc1)c1ccc(O)cc1.[HH].[HH].[HH].[HH].[HH].[HH].[HH].[HH].[HH].[HH].[HH].[HH].[HH].[HH].[HH].[HH].[HH].[HH].[HH].[HH].[HH].[HH]. The van der Waals surface area contributed by atoms with Crippen molar-refractivity contribution < 1.29 is 60.7 Å². The molecule has 0 spiro atoms. The first-order valence-electron chi connectivity index (χ1n) is 21.4. The Morgan fingerprint density at radius 2 is 0.716 bits per heavy atom. The van der Waals surface area contributed by atoms with Gasteiger partial charge in [-0.25, -0.2) is 0 Å². The Balaban J connectivity index is -0.0000000614. The van der Waals surface area contributed by atoms with E-state index in [-0.39, 0.29) is 54.5 Å². The van der Waals surface area contributed by atoms with Crippen LogP contribution in [0.25, 0.3) is 0 Å². The molecule has 6 heteroatoms. The lowest BCUT2D eigenvalue weighted by Gasteiger charge is -2.07. The summed E-state index contributed by atoms with van der Waals surface area (Å²) in [5.74, 6) is 51.0. The number of aryl methyl sites for hydroxylation is 1. The molecule has 0 aliphatic rings. The molecule has 67 heavy (non-hydrogen) atoms. The van der Waals surface area contributed by atoms with Crippen LogP contribution in [0.3, 0.4) is 0 Å². The average molecular weight is 919 g/mol. The maximum absolute atomic E-state index is 12.6. The van der Waals surface area contributed by atoms with E-state index in [0.717, 1.165) is 30.6 Å². The number of hydrogen-bond acceptors (Lipinski definition) is 6.